The van der Waals surface area contributed by atoms with Crippen LogP contribution in [0.1, 0.15) is 0 Å². The Hall–Kier alpha value is -1.24. The molecule has 0 aliphatic rings. The van der Waals surface area contributed by atoms with Crippen molar-refractivity contribution in [2.45, 2.75) is 19.6 Å². The second kappa shape index (κ2) is 10.5. The second-order valence-corrected chi connectivity index (χ2v) is 11.8. The van der Waals surface area contributed by atoms with Crippen molar-refractivity contribution in [1.29, 1.82) is 0 Å². The molecule has 3 aromatic rings. The molecule has 0 amide bonds. The summed E-state index contributed by atoms with van der Waals surface area (Å²) < 4.78 is 49.6. The van der Waals surface area contributed by atoms with Gasteiger partial charge in [0.25, 0.3) is 0 Å². The summed E-state index contributed by atoms with van der Waals surface area (Å²) in [6.45, 7) is 0. The Labute approximate surface area is 171 Å². The monoisotopic (exact) mass is 544 g/mol. The molecule has 0 heterocycles. The Morgan fingerprint density at radius 3 is 1.25 bits per heavy atom. The Morgan fingerprint density at radius 2 is 0.929 bits per heavy atom. The molecule has 0 N–H and O–H groups in total. The Bertz CT molecular complexity index is 781. The van der Waals surface area contributed by atoms with Crippen LogP contribution in [-0.4, -0.2) is 26.6 Å². The van der Waals surface area contributed by atoms with Gasteiger partial charge in [-0.05, 0) is 54.8 Å². The fourth-order valence-electron chi connectivity index (χ4n) is 2.23. The maximum absolute atomic E-state index is 9.91. The fourth-order valence-corrected chi connectivity index (χ4v) is 4.72. The van der Waals surface area contributed by atoms with Crippen LogP contribution in [0.4, 0.5) is 14.1 Å². The molecular weight excluding hydrogens is 528 g/mol. The molecule has 3 rings (SSSR count). The zero-order valence-electron chi connectivity index (χ0n) is 14.6. The van der Waals surface area contributed by atoms with Gasteiger partial charge in [0.05, 0.1) is 10.9 Å². The van der Waals surface area contributed by atoms with Gasteiger partial charge >= 0.3 is 34.4 Å². The van der Waals surface area contributed by atoms with E-state index in [-0.39, 0.29) is 15.6 Å². The molecule has 0 nitrogen and oxygen atoms in total. The first-order chi connectivity index (χ1) is 12.6. The summed E-state index contributed by atoms with van der Waals surface area (Å²) in [5.41, 5.74) is 0. The van der Waals surface area contributed by atoms with Crippen LogP contribution >= 0.6 is 11.8 Å². The first-order valence-corrected chi connectivity index (χ1v) is 15.0. The van der Waals surface area contributed by atoms with Gasteiger partial charge in [-0.1, -0.05) is 36.4 Å². The van der Waals surface area contributed by atoms with Crippen molar-refractivity contribution >= 4 is 43.0 Å². The van der Waals surface area contributed by atoms with Crippen molar-refractivity contribution in [3.8, 4) is 0 Å². The van der Waals surface area contributed by atoms with E-state index < -0.39 is 20.3 Å². The molecule has 152 valence electrons. The summed E-state index contributed by atoms with van der Waals surface area (Å²) in [5, 5.41) is 0. The molecule has 0 radical (unpaired) electrons. The molecule has 9 heteroatoms. The van der Waals surface area contributed by atoms with E-state index in [0.29, 0.717) is 0 Å². The Morgan fingerprint density at radius 1 is 0.607 bits per heavy atom. The summed E-state index contributed by atoms with van der Waals surface area (Å²) in [5.74, 6) is 0. The predicted molar refractivity (Wildman–Crippen MR) is 105 cm³/mol. The van der Waals surface area contributed by atoms with Crippen LogP contribution in [0.3, 0.4) is 0 Å². The molecule has 0 saturated heterocycles. The third kappa shape index (κ3) is 9.30. The molecular formula is C19H17F6S2Sb. The molecule has 0 aromatic heterocycles. The Kier molecular flexibility index (Phi) is 9.31. The molecule has 28 heavy (non-hydrogen) atoms. The molecule has 0 spiro atoms. The zero-order chi connectivity index (χ0) is 19.9. The number of hydrogen-bond acceptors (Lipinski definition) is 1. The number of rotatable bonds is 4. The van der Waals surface area contributed by atoms with E-state index in [4.69, 9.17) is 0 Å². The van der Waals surface area contributed by atoms with Crippen LogP contribution < -0.4 is 4.70 Å². The quantitative estimate of drug-likeness (QED) is 0.205. The summed E-state index contributed by atoms with van der Waals surface area (Å²) in [7, 11) is -0.0341. The third-order valence-corrected chi connectivity index (χ3v) is 6.23. The standard InChI is InChI=1S/C19H17S2.6FH.Sb/c1-20-16-12-14-19(15-13-16)21(17-8-4-2-5-9-17)18-10-6-3-7-11-18;;;;;;;/h2-15H,1H3;6*1H;/q+1;;;;;;;+5/p-6. The average Bonchev–Trinajstić information content (AvgIpc) is 2.62. The van der Waals surface area contributed by atoms with Crippen LogP contribution in [0.5, 0.6) is 0 Å². The topological polar surface area (TPSA) is 0 Å². The number of halogens is 6. The zero-order valence-corrected chi connectivity index (χ0v) is 18.8. The minimum absolute atomic E-state index is 0. The van der Waals surface area contributed by atoms with E-state index in [2.05, 4.69) is 91.2 Å². The van der Waals surface area contributed by atoms with Crippen LogP contribution in [0, 0.1) is 0 Å². The van der Waals surface area contributed by atoms with E-state index in [1.165, 1.54) is 19.6 Å². The van der Waals surface area contributed by atoms with Crippen molar-refractivity contribution < 1.29 is 18.8 Å². The van der Waals surface area contributed by atoms with E-state index in [1.807, 2.05) is 0 Å². The normalized spacial score (nSPS) is 12.2. The van der Waals surface area contributed by atoms with Gasteiger partial charge in [0, 0.05) is 4.90 Å². The SMILES string of the molecule is CSc1ccc([S+](c2ccccc2)c2ccccc2)cc1.[F-].[F][Sb]([F])([F])([F])[F]. The van der Waals surface area contributed by atoms with Gasteiger partial charge < -0.3 is 4.70 Å². The first-order valence-electron chi connectivity index (χ1n) is 7.71. The summed E-state index contributed by atoms with van der Waals surface area (Å²) >= 11 is -7.41. The van der Waals surface area contributed by atoms with Crippen LogP contribution in [0.15, 0.2) is 105 Å². The van der Waals surface area contributed by atoms with Crippen molar-refractivity contribution in [1.82, 2.24) is 0 Å². The molecule has 0 atom stereocenters. The molecule has 0 aliphatic heterocycles. The third-order valence-electron chi connectivity index (χ3n) is 3.25. The summed E-state index contributed by atoms with van der Waals surface area (Å²) in [4.78, 5) is 5.40. The number of thioether (sulfide) groups is 1. The van der Waals surface area contributed by atoms with Gasteiger partial charge in [0.15, 0.2) is 14.7 Å². The van der Waals surface area contributed by atoms with Crippen molar-refractivity contribution in [2.75, 3.05) is 6.26 Å². The van der Waals surface area contributed by atoms with Crippen molar-refractivity contribution in [2.24, 2.45) is 0 Å². The van der Waals surface area contributed by atoms with E-state index in [1.54, 1.807) is 11.8 Å². The molecule has 0 saturated carbocycles. The Balaban J connectivity index is 0.000000492. The maximum atomic E-state index is 9.91. The molecule has 0 unspecified atom stereocenters. The molecule has 0 bridgehead atoms. The van der Waals surface area contributed by atoms with Gasteiger partial charge in [-0.25, -0.2) is 0 Å². The summed E-state index contributed by atoms with van der Waals surface area (Å²) in [6, 6.07) is 30.5. The molecule has 3 aromatic carbocycles. The van der Waals surface area contributed by atoms with E-state index >= 15 is 0 Å². The number of hydrogen-bond donors (Lipinski definition) is 0. The minimum atomic E-state index is -9.19. The predicted octanol–water partition coefficient (Wildman–Crippen LogP) is 4.23. The van der Waals surface area contributed by atoms with Gasteiger partial charge in [-0.2, -0.15) is 0 Å². The van der Waals surface area contributed by atoms with Crippen molar-refractivity contribution in [3.63, 3.8) is 0 Å². The average molecular weight is 545 g/mol. The summed E-state index contributed by atoms with van der Waals surface area (Å²) in [6.07, 6.45) is 2.11. The van der Waals surface area contributed by atoms with Gasteiger partial charge in [-0.3, -0.25) is 0 Å². The van der Waals surface area contributed by atoms with Crippen molar-refractivity contribution in [3.05, 3.63) is 84.9 Å². The number of benzene rings is 3. The van der Waals surface area contributed by atoms with Crippen LogP contribution in [0.25, 0.3) is 0 Å². The van der Waals surface area contributed by atoms with Gasteiger partial charge in [0.1, 0.15) is 0 Å². The van der Waals surface area contributed by atoms with E-state index in [0.717, 1.165) is 0 Å². The fraction of sp³-hybridized carbons (Fsp3) is 0.0526. The van der Waals surface area contributed by atoms with E-state index in [9.17, 15) is 14.1 Å². The first kappa shape index (κ1) is 24.8. The second-order valence-electron chi connectivity index (χ2n) is 5.25. The molecule has 0 aliphatic carbocycles. The van der Waals surface area contributed by atoms with Gasteiger partial charge in [-0.15, -0.1) is 11.8 Å². The van der Waals surface area contributed by atoms with Crippen LogP contribution in [0.2, 0.25) is 0 Å². The van der Waals surface area contributed by atoms with Crippen LogP contribution in [-0.2, 0) is 10.9 Å². The van der Waals surface area contributed by atoms with Gasteiger partial charge in [0.2, 0.25) is 0 Å². The molecule has 0 fully saturated rings.